The molecule has 0 saturated carbocycles. The van der Waals surface area contributed by atoms with Crippen molar-refractivity contribution in [2.45, 2.75) is 40.0 Å². The van der Waals surface area contributed by atoms with Crippen molar-refractivity contribution in [3.8, 4) is 5.69 Å². The van der Waals surface area contributed by atoms with Crippen molar-refractivity contribution in [3.63, 3.8) is 0 Å². The third-order valence-corrected chi connectivity index (χ3v) is 7.61. The second-order valence-corrected chi connectivity index (χ2v) is 10.1. The van der Waals surface area contributed by atoms with Crippen molar-refractivity contribution in [1.29, 1.82) is 0 Å². The number of nitrogens with one attached hydrogen (secondary N) is 1. The van der Waals surface area contributed by atoms with Crippen LogP contribution < -0.4 is 10.2 Å². The number of piperazine rings is 1. The van der Waals surface area contributed by atoms with Gasteiger partial charge in [0.15, 0.2) is 0 Å². The van der Waals surface area contributed by atoms with Crippen LogP contribution in [0.5, 0.6) is 0 Å². The van der Waals surface area contributed by atoms with Crippen LogP contribution in [-0.4, -0.2) is 59.6 Å². The molecule has 1 fully saturated rings. The highest BCUT2D eigenvalue weighted by Crippen LogP contribution is 2.32. The van der Waals surface area contributed by atoms with E-state index in [1.807, 2.05) is 37.3 Å². The molecule has 0 spiro atoms. The summed E-state index contributed by atoms with van der Waals surface area (Å²) in [4.78, 5) is 22.5. The van der Waals surface area contributed by atoms with Crippen molar-refractivity contribution < 1.29 is 4.79 Å². The van der Waals surface area contributed by atoms with Gasteiger partial charge < -0.3 is 10.2 Å². The summed E-state index contributed by atoms with van der Waals surface area (Å²) in [6.45, 7) is 11.5. The molecular weight excluding hydrogens is 564 g/mol. The molecule has 0 aliphatic carbocycles. The number of carbonyl (C=O) groups is 1. The molecule has 10 heteroatoms. The number of hydrogen-bond acceptors (Lipinski definition) is 4. The number of aromatic nitrogens is 2. The van der Waals surface area contributed by atoms with Crippen LogP contribution >= 0.6 is 48.0 Å². The molecule has 1 N–H and O–H groups in total. The van der Waals surface area contributed by atoms with Crippen molar-refractivity contribution in [2.24, 2.45) is 0 Å². The minimum Gasteiger partial charge on any atom is -0.368 e. The third kappa shape index (κ3) is 7.36. The van der Waals surface area contributed by atoms with Crippen LogP contribution in [0.2, 0.25) is 10.0 Å². The van der Waals surface area contributed by atoms with Gasteiger partial charge in [0.1, 0.15) is 11.5 Å². The molecule has 4 rings (SSSR count). The van der Waals surface area contributed by atoms with E-state index in [0.717, 1.165) is 74.9 Å². The average molecular weight is 601 g/mol. The van der Waals surface area contributed by atoms with Gasteiger partial charge in [-0.15, -0.1) is 24.8 Å². The number of carbonyl (C=O) groups excluding carboxylic acids is 1. The molecular formula is C28H37Cl4N5O. The zero-order valence-corrected chi connectivity index (χ0v) is 25.3. The maximum Gasteiger partial charge on any atom is 0.271 e. The molecule has 0 atom stereocenters. The van der Waals surface area contributed by atoms with Gasteiger partial charge in [0, 0.05) is 44.8 Å². The van der Waals surface area contributed by atoms with Gasteiger partial charge in [-0.1, -0.05) is 54.4 Å². The number of rotatable bonds is 9. The quantitative estimate of drug-likeness (QED) is 0.284. The molecule has 1 amide bonds. The van der Waals surface area contributed by atoms with E-state index in [9.17, 15) is 4.79 Å². The number of hydrogen-bond donors (Lipinski definition) is 1. The maximum atomic E-state index is 13.0. The molecule has 1 saturated heterocycles. The van der Waals surface area contributed by atoms with E-state index in [2.05, 4.69) is 45.7 Å². The van der Waals surface area contributed by atoms with Gasteiger partial charge >= 0.3 is 0 Å². The Hall–Kier alpha value is -1.96. The molecule has 0 radical (unpaired) electrons. The first-order chi connectivity index (χ1) is 17.4. The molecule has 1 aliphatic heterocycles. The molecule has 1 aliphatic rings. The monoisotopic (exact) mass is 599 g/mol. The Morgan fingerprint density at radius 3 is 2.34 bits per heavy atom. The summed E-state index contributed by atoms with van der Waals surface area (Å²) in [5.74, 6) is 0.838. The third-order valence-electron chi connectivity index (χ3n) is 6.80. The van der Waals surface area contributed by atoms with Crippen LogP contribution in [0, 0.1) is 13.8 Å². The second-order valence-electron chi connectivity index (χ2n) is 9.35. The fourth-order valence-corrected chi connectivity index (χ4v) is 5.25. The van der Waals surface area contributed by atoms with Crippen molar-refractivity contribution in [2.75, 3.05) is 44.2 Å². The van der Waals surface area contributed by atoms with Crippen LogP contribution in [0.1, 0.15) is 47.3 Å². The van der Waals surface area contributed by atoms with Gasteiger partial charge in [0.25, 0.3) is 5.91 Å². The Bertz CT molecular complexity index is 1210. The van der Waals surface area contributed by atoms with Crippen LogP contribution in [0.25, 0.3) is 5.69 Å². The summed E-state index contributed by atoms with van der Waals surface area (Å²) in [6.07, 6.45) is 2.69. The average Bonchev–Trinajstić information content (AvgIpc) is 3.20. The SMILES string of the molecule is CCCc1nc(C(=O)NCCCN2CCN(c3cccc(Cl)c3Cl)CC2)c(C)n1-c1ccccc1C.Cl.Cl. The fraction of sp³-hybridized carbons (Fsp3) is 0.429. The number of benzene rings is 2. The van der Waals surface area contributed by atoms with Gasteiger partial charge in [-0.2, -0.15) is 0 Å². The first-order valence-electron chi connectivity index (χ1n) is 12.7. The van der Waals surface area contributed by atoms with E-state index in [4.69, 9.17) is 28.2 Å². The number of nitrogens with zero attached hydrogens (tertiary/aromatic N) is 4. The maximum absolute atomic E-state index is 13.0. The molecule has 3 aromatic rings. The van der Waals surface area contributed by atoms with E-state index in [1.165, 1.54) is 5.56 Å². The van der Waals surface area contributed by atoms with Gasteiger partial charge in [-0.25, -0.2) is 4.98 Å². The van der Waals surface area contributed by atoms with Gasteiger partial charge in [0.05, 0.1) is 21.4 Å². The van der Waals surface area contributed by atoms with E-state index in [-0.39, 0.29) is 30.7 Å². The standard InChI is InChI=1S/C28H35Cl2N5O.2ClH/c1-4-9-25-32-27(21(3)35(25)23-12-6-5-10-20(23)2)28(36)31-14-8-15-33-16-18-34(19-17-33)24-13-7-11-22(29)26(24)30;;/h5-7,10-13H,4,8-9,14-19H2,1-3H3,(H,31,36);2*1H. The van der Waals surface area contributed by atoms with E-state index in [0.29, 0.717) is 22.3 Å². The summed E-state index contributed by atoms with van der Waals surface area (Å²) in [5, 5.41) is 4.31. The lowest BCUT2D eigenvalue weighted by atomic mass is 10.2. The van der Waals surface area contributed by atoms with E-state index in [1.54, 1.807) is 0 Å². The highest BCUT2D eigenvalue weighted by atomic mass is 35.5. The highest BCUT2D eigenvalue weighted by Gasteiger charge is 2.22. The summed E-state index contributed by atoms with van der Waals surface area (Å²) >= 11 is 12.6. The van der Waals surface area contributed by atoms with Crippen LogP contribution in [-0.2, 0) is 6.42 Å². The molecule has 6 nitrogen and oxygen atoms in total. The minimum atomic E-state index is -0.0994. The van der Waals surface area contributed by atoms with Crippen LogP contribution in [0.4, 0.5) is 5.69 Å². The molecule has 1 aromatic heterocycles. The van der Waals surface area contributed by atoms with Gasteiger partial charge in [-0.05, 0) is 57.0 Å². The number of aryl methyl sites for hydroxylation is 2. The second kappa shape index (κ2) is 15.0. The molecule has 2 aromatic carbocycles. The van der Waals surface area contributed by atoms with Crippen LogP contribution in [0.15, 0.2) is 42.5 Å². The number of halogens is 4. The molecule has 0 unspecified atom stereocenters. The van der Waals surface area contributed by atoms with E-state index >= 15 is 0 Å². The van der Waals surface area contributed by atoms with Gasteiger partial charge in [0.2, 0.25) is 0 Å². The number of imidazole rings is 1. The summed E-state index contributed by atoms with van der Waals surface area (Å²) in [5.41, 5.74) is 4.66. The van der Waals surface area contributed by atoms with Crippen LogP contribution in [0.3, 0.4) is 0 Å². The molecule has 208 valence electrons. The lowest BCUT2D eigenvalue weighted by molar-refractivity contribution is 0.0946. The largest absolute Gasteiger partial charge is 0.368 e. The predicted molar refractivity (Wildman–Crippen MR) is 164 cm³/mol. The lowest BCUT2D eigenvalue weighted by Gasteiger charge is -2.36. The van der Waals surface area contributed by atoms with Crippen molar-refractivity contribution in [1.82, 2.24) is 19.8 Å². The predicted octanol–water partition coefficient (Wildman–Crippen LogP) is 6.53. The highest BCUT2D eigenvalue weighted by molar-refractivity contribution is 6.43. The number of anilines is 1. The van der Waals surface area contributed by atoms with Crippen molar-refractivity contribution in [3.05, 3.63) is 75.3 Å². The Morgan fingerprint density at radius 2 is 1.66 bits per heavy atom. The smallest absolute Gasteiger partial charge is 0.271 e. The fourth-order valence-electron chi connectivity index (χ4n) is 4.84. The number of amides is 1. The lowest BCUT2D eigenvalue weighted by Crippen LogP contribution is -2.47. The summed E-state index contributed by atoms with van der Waals surface area (Å²) < 4.78 is 2.14. The Morgan fingerprint density at radius 1 is 0.974 bits per heavy atom. The Labute approximate surface area is 248 Å². The molecule has 0 bridgehead atoms. The molecule has 2 heterocycles. The Kier molecular flexibility index (Phi) is 12.7. The first-order valence-corrected chi connectivity index (χ1v) is 13.5. The zero-order valence-electron chi connectivity index (χ0n) is 22.2. The normalized spacial score (nSPS) is 13.6. The minimum absolute atomic E-state index is 0. The zero-order chi connectivity index (χ0) is 25.7. The van der Waals surface area contributed by atoms with Gasteiger partial charge in [-0.3, -0.25) is 14.3 Å². The summed E-state index contributed by atoms with van der Waals surface area (Å²) in [6, 6.07) is 14.0. The van der Waals surface area contributed by atoms with Crippen molar-refractivity contribution >= 4 is 59.6 Å². The topological polar surface area (TPSA) is 53.4 Å². The molecule has 38 heavy (non-hydrogen) atoms. The number of para-hydroxylation sites is 1. The summed E-state index contributed by atoms with van der Waals surface area (Å²) in [7, 11) is 0. The van der Waals surface area contributed by atoms with E-state index < -0.39 is 0 Å². The Balaban J connectivity index is 0.00000253. The first kappa shape index (κ1) is 32.3.